The van der Waals surface area contributed by atoms with Crippen LogP contribution in [0.5, 0.6) is 5.75 Å². The predicted molar refractivity (Wildman–Crippen MR) is 85.8 cm³/mol. The molecule has 1 aliphatic rings. The molecule has 0 bridgehead atoms. The number of aliphatic hydroxyl groups excluding tert-OH is 1. The van der Waals surface area contributed by atoms with E-state index >= 15 is 0 Å². The van der Waals surface area contributed by atoms with Crippen molar-refractivity contribution in [3.63, 3.8) is 0 Å². The second-order valence-electron chi connectivity index (χ2n) is 6.03. The molecule has 0 aromatic heterocycles. The number of amides is 2. The molecule has 122 valence electrons. The number of aliphatic hydroxyl groups is 1. The standard InChI is InChI=1S/C17H26N2O3/c1-13-7-8-19(12-14(13)2)17(21)18-11-15-5-3-4-6-16(15)22-10-9-20/h3-6,13-14,20H,7-12H2,1-2H3,(H,18,21). The average molecular weight is 306 g/mol. The van der Waals surface area contributed by atoms with Gasteiger partial charge in [0.05, 0.1) is 6.61 Å². The van der Waals surface area contributed by atoms with Crippen LogP contribution >= 0.6 is 0 Å². The third kappa shape index (κ3) is 4.37. The van der Waals surface area contributed by atoms with E-state index in [2.05, 4.69) is 19.2 Å². The number of para-hydroxylation sites is 1. The Bertz CT molecular complexity index is 493. The summed E-state index contributed by atoms with van der Waals surface area (Å²) in [6.45, 7) is 6.74. The lowest BCUT2D eigenvalue weighted by Gasteiger charge is -2.35. The van der Waals surface area contributed by atoms with Gasteiger partial charge < -0.3 is 20.1 Å². The largest absolute Gasteiger partial charge is 0.491 e. The number of nitrogens with one attached hydrogen (secondary N) is 1. The third-order valence-corrected chi connectivity index (χ3v) is 4.37. The van der Waals surface area contributed by atoms with E-state index in [0.29, 0.717) is 24.1 Å². The molecule has 1 aromatic rings. The van der Waals surface area contributed by atoms with Crippen LogP contribution in [0.15, 0.2) is 24.3 Å². The van der Waals surface area contributed by atoms with E-state index in [1.807, 2.05) is 29.2 Å². The minimum absolute atomic E-state index is 0.0179. The van der Waals surface area contributed by atoms with Gasteiger partial charge in [-0.15, -0.1) is 0 Å². The third-order valence-electron chi connectivity index (χ3n) is 4.37. The summed E-state index contributed by atoms with van der Waals surface area (Å²) in [6.07, 6.45) is 1.06. The van der Waals surface area contributed by atoms with Crippen LogP contribution in [-0.4, -0.2) is 42.3 Å². The summed E-state index contributed by atoms with van der Waals surface area (Å²) in [6, 6.07) is 7.55. The van der Waals surface area contributed by atoms with Gasteiger partial charge in [-0.3, -0.25) is 0 Å². The summed E-state index contributed by atoms with van der Waals surface area (Å²) in [7, 11) is 0. The van der Waals surface area contributed by atoms with E-state index in [1.54, 1.807) is 0 Å². The lowest BCUT2D eigenvalue weighted by molar-refractivity contribution is 0.144. The Morgan fingerprint density at radius 2 is 2.14 bits per heavy atom. The van der Waals surface area contributed by atoms with Gasteiger partial charge >= 0.3 is 6.03 Å². The molecule has 2 unspecified atom stereocenters. The predicted octanol–water partition coefficient (Wildman–Crippen LogP) is 2.25. The molecule has 2 rings (SSSR count). The van der Waals surface area contributed by atoms with Gasteiger partial charge in [0.1, 0.15) is 12.4 Å². The van der Waals surface area contributed by atoms with Crippen LogP contribution in [0.3, 0.4) is 0 Å². The van der Waals surface area contributed by atoms with Crippen LogP contribution in [0.4, 0.5) is 4.79 Å². The van der Waals surface area contributed by atoms with Crippen molar-refractivity contribution in [1.29, 1.82) is 0 Å². The molecule has 22 heavy (non-hydrogen) atoms. The number of hydrogen-bond donors (Lipinski definition) is 2. The number of rotatable bonds is 5. The first-order valence-electron chi connectivity index (χ1n) is 7.96. The minimum Gasteiger partial charge on any atom is -0.491 e. The average Bonchev–Trinajstić information content (AvgIpc) is 2.54. The first-order valence-corrected chi connectivity index (χ1v) is 7.96. The first kappa shape index (κ1) is 16.6. The maximum Gasteiger partial charge on any atom is 0.317 e. The number of carbonyl (C=O) groups is 1. The maximum absolute atomic E-state index is 12.3. The maximum atomic E-state index is 12.3. The highest BCUT2D eigenvalue weighted by Crippen LogP contribution is 2.22. The Morgan fingerprint density at radius 1 is 1.36 bits per heavy atom. The molecule has 2 atom stereocenters. The molecule has 0 saturated carbocycles. The van der Waals surface area contributed by atoms with Crippen LogP contribution < -0.4 is 10.1 Å². The van der Waals surface area contributed by atoms with E-state index < -0.39 is 0 Å². The summed E-state index contributed by atoms with van der Waals surface area (Å²) >= 11 is 0. The van der Waals surface area contributed by atoms with Gasteiger partial charge in [-0.05, 0) is 24.3 Å². The molecule has 0 radical (unpaired) electrons. The molecule has 5 heteroatoms. The number of nitrogens with zero attached hydrogens (tertiary/aromatic N) is 1. The van der Waals surface area contributed by atoms with E-state index in [-0.39, 0.29) is 19.2 Å². The molecule has 2 amide bonds. The second-order valence-corrected chi connectivity index (χ2v) is 6.03. The highest BCUT2D eigenvalue weighted by atomic mass is 16.5. The van der Waals surface area contributed by atoms with Gasteiger partial charge in [-0.25, -0.2) is 4.79 Å². The normalized spacial score (nSPS) is 21.5. The zero-order chi connectivity index (χ0) is 15.9. The van der Waals surface area contributed by atoms with Crippen molar-refractivity contribution >= 4 is 6.03 Å². The van der Waals surface area contributed by atoms with Gasteiger partial charge in [-0.2, -0.15) is 0 Å². The van der Waals surface area contributed by atoms with Crippen molar-refractivity contribution < 1.29 is 14.6 Å². The molecule has 5 nitrogen and oxygen atoms in total. The number of urea groups is 1. The minimum atomic E-state index is -0.0233. The topological polar surface area (TPSA) is 61.8 Å². The van der Waals surface area contributed by atoms with Crippen LogP contribution in [0.1, 0.15) is 25.8 Å². The van der Waals surface area contributed by atoms with E-state index in [0.717, 1.165) is 25.1 Å². The monoisotopic (exact) mass is 306 g/mol. The fraction of sp³-hybridized carbons (Fsp3) is 0.588. The van der Waals surface area contributed by atoms with Crippen molar-refractivity contribution in [3.05, 3.63) is 29.8 Å². The smallest absolute Gasteiger partial charge is 0.317 e. The van der Waals surface area contributed by atoms with Crippen molar-refractivity contribution in [2.45, 2.75) is 26.8 Å². The summed E-state index contributed by atoms with van der Waals surface area (Å²) < 4.78 is 5.48. The van der Waals surface area contributed by atoms with Crippen LogP contribution in [0.2, 0.25) is 0 Å². The molecule has 0 spiro atoms. The molecule has 1 heterocycles. The first-order chi connectivity index (χ1) is 10.6. The number of benzene rings is 1. The quantitative estimate of drug-likeness (QED) is 0.877. The van der Waals surface area contributed by atoms with Crippen LogP contribution in [0, 0.1) is 11.8 Å². The number of piperidine rings is 1. The lowest BCUT2D eigenvalue weighted by Crippen LogP contribution is -2.46. The Balaban J connectivity index is 1.88. The zero-order valence-corrected chi connectivity index (χ0v) is 13.4. The molecule has 2 N–H and O–H groups in total. The van der Waals surface area contributed by atoms with E-state index in [1.165, 1.54) is 0 Å². The van der Waals surface area contributed by atoms with E-state index in [9.17, 15) is 4.79 Å². The lowest BCUT2D eigenvalue weighted by atomic mass is 9.89. The summed E-state index contributed by atoms with van der Waals surface area (Å²) in [5.74, 6) is 1.92. The highest BCUT2D eigenvalue weighted by Gasteiger charge is 2.25. The molecule has 1 fully saturated rings. The van der Waals surface area contributed by atoms with E-state index in [4.69, 9.17) is 9.84 Å². The summed E-state index contributed by atoms with van der Waals surface area (Å²) in [4.78, 5) is 14.2. The Kier molecular flexibility index (Phi) is 6.07. The van der Waals surface area contributed by atoms with Crippen LogP contribution in [0.25, 0.3) is 0 Å². The number of likely N-dealkylation sites (tertiary alicyclic amines) is 1. The SMILES string of the molecule is CC1CCN(C(=O)NCc2ccccc2OCCO)CC1C. The summed E-state index contributed by atoms with van der Waals surface area (Å²) in [5.41, 5.74) is 0.919. The Morgan fingerprint density at radius 3 is 2.86 bits per heavy atom. The second kappa shape index (κ2) is 8.03. The van der Waals surface area contributed by atoms with Gasteiger partial charge in [0.15, 0.2) is 0 Å². The van der Waals surface area contributed by atoms with Gasteiger partial charge in [-0.1, -0.05) is 32.0 Å². The molecule has 1 aliphatic heterocycles. The van der Waals surface area contributed by atoms with Gasteiger partial charge in [0, 0.05) is 25.2 Å². The fourth-order valence-electron chi connectivity index (χ4n) is 2.68. The number of carbonyl (C=O) groups excluding carboxylic acids is 1. The molecular weight excluding hydrogens is 280 g/mol. The Labute approximate surface area is 132 Å². The van der Waals surface area contributed by atoms with Crippen molar-refractivity contribution in [2.75, 3.05) is 26.3 Å². The fourth-order valence-corrected chi connectivity index (χ4v) is 2.68. The summed E-state index contributed by atoms with van der Waals surface area (Å²) in [5, 5.41) is 11.8. The number of hydrogen-bond acceptors (Lipinski definition) is 3. The molecule has 0 aliphatic carbocycles. The molecule has 1 saturated heterocycles. The van der Waals surface area contributed by atoms with Gasteiger partial charge in [0.25, 0.3) is 0 Å². The van der Waals surface area contributed by atoms with Gasteiger partial charge in [0.2, 0.25) is 0 Å². The Hall–Kier alpha value is -1.75. The van der Waals surface area contributed by atoms with Crippen molar-refractivity contribution in [3.8, 4) is 5.75 Å². The van der Waals surface area contributed by atoms with Crippen LogP contribution in [-0.2, 0) is 6.54 Å². The van der Waals surface area contributed by atoms with Crippen molar-refractivity contribution in [2.24, 2.45) is 11.8 Å². The highest BCUT2D eigenvalue weighted by molar-refractivity contribution is 5.74. The molecular formula is C17H26N2O3. The van der Waals surface area contributed by atoms with Crippen molar-refractivity contribution in [1.82, 2.24) is 10.2 Å². The molecule has 1 aromatic carbocycles. The zero-order valence-electron chi connectivity index (χ0n) is 13.4. The number of ether oxygens (including phenoxy) is 1.